The summed E-state index contributed by atoms with van der Waals surface area (Å²) in [5.74, 6) is -1.57. The Balaban J connectivity index is 1.43. The Kier molecular flexibility index (Phi) is 7.35. The fourth-order valence-corrected chi connectivity index (χ4v) is 5.57. The molecule has 4 N–H and O–H groups in total. The van der Waals surface area contributed by atoms with E-state index in [-0.39, 0.29) is 23.5 Å². The number of amides is 2. The monoisotopic (exact) mass is 498 g/mol. The number of carbonyl (C=O) groups is 3. The maximum atomic E-state index is 14.0. The zero-order valence-corrected chi connectivity index (χ0v) is 21.2. The van der Waals surface area contributed by atoms with Crippen molar-refractivity contribution in [1.82, 2.24) is 15.5 Å². The minimum Gasteiger partial charge on any atom is -0.352 e. The Labute approximate surface area is 217 Å². The first-order valence-electron chi connectivity index (χ1n) is 13.1. The van der Waals surface area contributed by atoms with E-state index in [1.807, 2.05) is 61.5 Å². The standard InChI is InChI=1S/C30H34N4O3/c1-2-33-29(36)23-9-10-24-17-34(18-25(24)16-23)30(37)26(28(35)20-11-13-32-14-12-20)27(31)22-8-7-19-5-3-4-6-21(19)15-22/h3-10,15-16,20,26-27,32H,2,11-14,17-18,31H2,1H3,(H,33,36). The predicted molar refractivity (Wildman–Crippen MR) is 144 cm³/mol. The van der Waals surface area contributed by atoms with Crippen molar-refractivity contribution in [3.8, 4) is 0 Å². The number of carbonyl (C=O) groups excluding carboxylic acids is 3. The molecule has 7 nitrogen and oxygen atoms in total. The fraction of sp³-hybridized carbons (Fsp3) is 0.367. The molecule has 2 atom stereocenters. The summed E-state index contributed by atoms with van der Waals surface area (Å²) in [4.78, 5) is 41.9. The molecule has 37 heavy (non-hydrogen) atoms. The lowest BCUT2D eigenvalue weighted by molar-refractivity contribution is -0.144. The van der Waals surface area contributed by atoms with Crippen LogP contribution in [0.4, 0.5) is 0 Å². The number of hydrogen-bond acceptors (Lipinski definition) is 5. The molecule has 2 amide bonds. The van der Waals surface area contributed by atoms with Gasteiger partial charge in [0, 0.05) is 37.2 Å². The third-order valence-electron chi connectivity index (χ3n) is 7.67. The average Bonchev–Trinajstić information content (AvgIpc) is 3.37. The van der Waals surface area contributed by atoms with Gasteiger partial charge in [0.15, 0.2) is 0 Å². The number of rotatable bonds is 7. The maximum absolute atomic E-state index is 14.0. The molecule has 0 aromatic heterocycles. The SMILES string of the molecule is CCNC(=O)c1ccc2c(c1)CN(C(=O)C(C(=O)C1CCNCC1)C(N)c1ccc3ccccc3c1)C2. The number of Topliss-reactive ketones (excluding diaryl/α,β-unsaturated/α-hetero) is 1. The molecule has 1 fully saturated rings. The number of benzene rings is 3. The van der Waals surface area contributed by atoms with Gasteiger partial charge in [-0.25, -0.2) is 0 Å². The summed E-state index contributed by atoms with van der Waals surface area (Å²) in [6, 6.07) is 18.7. The maximum Gasteiger partial charge on any atom is 0.251 e. The van der Waals surface area contributed by atoms with Crippen molar-refractivity contribution in [2.24, 2.45) is 17.6 Å². The molecule has 192 valence electrons. The number of nitrogens with zero attached hydrogens (tertiary/aromatic N) is 1. The molecular formula is C30H34N4O3. The zero-order chi connectivity index (χ0) is 25.9. The molecule has 2 unspecified atom stereocenters. The van der Waals surface area contributed by atoms with Crippen molar-refractivity contribution in [3.63, 3.8) is 0 Å². The van der Waals surface area contributed by atoms with Gasteiger partial charge in [0.25, 0.3) is 5.91 Å². The summed E-state index contributed by atoms with van der Waals surface area (Å²) in [7, 11) is 0. The highest BCUT2D eigenvalue weighted by Crippen LogP contribution is 2.33. The Bertz CT molecular complexity index is 1330. The molecule has 2 heterocycles. The molecule has 2 aliphatic rings. The molecule has 2 aliphatic heterocycles. The number of fused-ring (bicyclic) bond motifs is 2. The molecule has 1 saturated heterocycles. The molecule has 0 bridgehead atoms. The molecular weight excluding hydrogens is 464 g/mol. The number of piperidine rings is 1. The van der Waals surface area contributed by atoms with Crippen molar-refractivity contribution < 1.29 is 14.4 Å². The van der Waals surface area contributed by atoms with Gasteiger partial charge in [0.1, 0.15) is 11.7 Å². The van der Waals surface area contributed by atoms with E-state index in [1.54, 1.807) is 11.0 Å². The van der Waals surface area contributed by atoms with Gasteiger partial charge in [-0.05, 0) is 78.5 Å². The molecule has 0 spiro atoms. The van der Waals surface area contributed by atoms with Crippen LogP contribution in [0.15, 0.2) is 60.7 Å². The smallest absolute Gasteiger partial charge is 0.251 e. The number of ketones is 1. The minimum absolute atomic E-state index is 0.0638. The third-order valence-corrected chi connectivity index (χ3v) is 7.67. The summed E-state index contributed by atoms with van der Waals surface area (Å²) in [5, 5.41) is 8.23. The van der Waals surface area contributed by atoms with Crippen molar-refractivity contribution in [2.45, 2.75) is 38.9 Å². The van der Waals surface area contributed by atoms with Gasteiger partial charge in [-0.15, -0.1) is 0 Å². The van der Waals surface area contributed by atoms with E-state index < -0.39 is 12.0 Å². The van der Waals surface area contributed by atoms with E-state index in [2.05, 4.69) is 10.6 Å². The zero-order valence-electron chi connectivity index (χ0n) is 21.2. The molecule has 3 aromatic carbocycles. The van der Waals surface area contributed by atoms with Gasteiger partial charge < -0.3 is 21.3 Å². The minimum atomic E-state index is -0.957. The van der Waals surface area contributed by atoms with Crippen LogP contribution in [0.25, 0.3) is 10.8 Å². The third kappa shape index (κ3) is 5.15. The second kappa shape index (κ2) is 10.8. The van der Waals surface area contributed by atoms with Crippen molar-refractivity contribution in [2.75, 3.05) is 19.6 Å². The molecule has 5 rings (SSSR count). The van der Waals surface area contributed by atoms with Gasteiger partial charge in [0.2, 0.25) is 5.91 Å². The van der Waals surface area contributed by atoms with E-state index in [9.17, 15) is 14.4 Å². The average molecular weight is 499 g/mol. The fourth-order valence-electron chi connectivity index (χ4n) is 5.57. The predicted octanol–water partition coefficient (Wildman–Crippen LogP) is 3.32. The Morgan fingerprint density at radius 2 is 1.70 bits per heavy atom. The largest absolute Gasteiger partial charge is 0.352 e. The van der Waals surface area contributed by atoms with Gasteiger partial charge in [-0.2, -0.15) is 0 Å². The topological polar surface area (TPSA) is 105 Å². The number of nitrogens with two attached hydrogens (primary N) is 1. The Hall–Kier alpha value is -3.55. The van der Waals surface area contributed by atoms with Crippen LogP contribution < -0.4 is 16.4 Å². The molecule has 0 saturated carbocycles. The first kappa shape index (κ1) is 25.1. The molecule has 3 aromatic rings. The van der Waals surface area contributed by atoms with Gasteiger partial charge in [-0.3, -0.25) is 14.4 Å². The van der Waals surface area contributed by atoms with Crippen LogP contribution in [-0.2, 0) is 22.7 Å². The van der Waals surface area contributed by atoms with Crippen LogP contribution >= 0.6 is 0 Å². The Morgan fingerprint density at radius 3 is 2.46 bits per heavy atom. The lowest BCUT2D eigenvalue weighted by atomic mass is 9.80. The summed E-state index contributed by atoms with van der Waals surface area (Å²) >= 11 is 0. The van der Waals surface area contributed by atoms with Crippen LogP contribution in [0.2, 0.25) is 0 Å². The lowest BCUT2D eigenvalue weighted by Crippen LogP contribution is -2.46. The van der Waals surface area contributed by atoms with Crippen LogP contribution in [0.5, 0.6) is 0 Å². The van der Waals surface area contributed by atoms with Crippen molar-refractivity contribution in [1.29, 1.82) is 0 Å². The van der Waals surface area contributed by atoms with E-state index in [1.165, 1.54) is 0 Å². The number of hydrogen-bond donors (Lipinski definition) is 3. The van der Waals surface area contributed by atoms with Crippen molar-refractivity contribution in [3.05, 3.63) is 82.9 Å². The first-order valence-corrected chi connectivity index (χ1v) is 13.1. The van der Waals surface area contributed by atoms with Gasteiger partial charge >= 0.3 is 0 Å². The normalized spacial score (nSPS) is 17.3. The first-order chi connectivity index (χ1) is 18.0. The highest BCUT2D eigenvalue weighted by Gasteiger charge is 2.41. The Morgan fingerprint density at radius 1 is 0.973 bits per heavy atom. The highest BCUT2D eigenvalue weighted by molar-refractivity contribution is 6.03. The summed E-state index contributed by atoms with van der Waals surface area (Å²) in [6.07, 6.45) is 1.42. The summed E-state index contributed by atoms with van der Waals surface area (Å²) in [5.41, 5.74) is 10.1. The lowest BCUT2D eigenvalue weighted by Gasteiger charge is -2.31. The van der Waals surface area contributed by atoms with Crippen LogP contribution in [0, 0.1) is 11.8 Å². The van der Waals surface area contributed by atoms with E-state index in [4.69, 9.17) is 5.73 Å². The quantitative estimate of drug-likeness (QED) is 0.434. The van der Waals surface area contributed by atoms with E-state index in [0.29, 0.717) is 38.0 Å². The second-order valence-electron chi connectivity index (χ2n) is 10.1. The molecule has 7 heteroatoms. The van der Waals surface area contributed by atoms with Gasteiger partial charge in [-0.1, -0.05) is 42.5 Å². The summed E-state index contributed by atoms with van der Waals surface area (Å²) < 4.78 is 0. The van der Waals surface area contributed by atoms with Crippen LogP contribution in [-0.4, -0.2) is 42.1 Å². The number of nitrogens with one attached hydrogen (secondary N) is 2. The van der Waals surface area contributed by atoms with Gasteiger partial charge in [0.05, 0.1) is 0 Å². The summed E-state index contributed by atoms with van der Waals surface area (Å²) in [6.45, 7) is 4.73. The second-order valence-corrected chi connectivity index (χ2v) is 10.1. The van der Waals surface area contributed by atoms with Crippen LogP contribution in [0.3, 0.4) is 0 Å². The molecule has 0 radical (unpaired) electrons. The van der Waals surface area contributed by atoms with Crippen LogP contribution in [0.1, 0.15) is 52.9 Å². The van der Waals surface area contributed by atoms with E-state index in [0.717, 1.165) is 40.6 Å². The van der Waals surface area contributed by atoms with E-state index >= 15 is 0 Å². The highest BCUT2D eigenvalue weighted by atomic mass is 16.2. The van der Waals surface area contributed by atoms with Crippen molar-refractivity contribution >= 4 is 28.4 Å². The molecule has 0 aliphatic carbocycles.